The topological polar surface area (TPSA) is 75.7 Å². The van der Waals surface area contributed by atoms with Crippen molar-refractivity contribution in [1.82, 2.24) is 0 Å². The van der Waals surface area contributed by atoms with Gasteiger partial charge in [-0.15, -0.1) is 0 Å². The number of amides is 1. The molecule has 8 heteroatoms. The van der Waals surface area contributed by atoms with Gasteiger partial charge in [-0.05, 0) is 61.9 Å². The molecular weight excluding hydrogens is 420 g/mol. The van der Waals surface area contributed by atoms with Crippen LogP contribution in [-0.2, 0) is 14.8 Å². The summed E-state index contributed by atoms with van der Waals surface area (Å²) in [7, 11) is -3.61. The van der Waals surface area contributed by atoms with Gasteiger partial charge >= 0.3 is 0 Å². The summed E-state index contributed by atoms with van der Waals surface area (Å²) < 4.78 is 31.6. The third kappa shape index (κ3) is 5.47. The lowest BCUT2D eigenvalue weighted by Crippen LogP contribution is -2.37. The summed E-state index contributed by atoms with van der Waals surface area (Å²) in [5, 5.41) is 2.70. The van der Waals surface area contributed by atoms with Crippen molar-refractivity contribution >= 4 is 43.2 Å². The number of sulfonamides is 1. The highest BCUT2D eigenvalue weighted by Gasteiger charge is 2.21. The van der Waals surface area contributed by atoms with Crippen LogP contribution in [0.3, 0.4) is 0 Å². The van der Waals surface area contributed by atoms with Gasteiger partial charge in [0.15, 0.2) is 0 Å². The van der Waals surface area contributed by atoms with E-state index in [1.54, 1.807) is 42.5 Å². The molecule has 0 spiro atoms. The maximum Gasteiger partial charge on any atom is 0.245 e. The van der Waals surface area contributed by atoms with E-state index in [1.807, 2.05) is 13.8 Å². The zero-order chi connectivity index (χ0) is 19.3. The molecule has 0 unspecified atom stereocenters. The Kier molecular flexibility index (Phi) is 6.66. The van der Waals surface area contributed by atoms with Crippen LogP contribution in [0.1, 0.15) is 12.5 Å². The molecule has 6 nitrogen and oxygen atoms in total. The highest BCUT2D eigenvalue weighted by molar-refractivity contribution is 9.10. The molecule has 140 valence electrons. The number of halogens is 1. The van der Waals surface area contributed by atoms with Crippen LogP contribution in [0.15, 0.2) is 46.9 Å². The van der Waals surface area contributed by atoms with E-state index in [0.29, 0.717) is 23.7 Å². The van der Waals surface area contributed by atoms with Crippen LogP contribution in [0.5, 0.6) is 5.75 Å². The van der Waals surface area contributed by atoms with E-state index in [0.717, 1.165) is 20.6 Å². The van der Waals surface area contributed by atoms with Crippen LogP contribution >= 0.6 is 15.9 Å². The van der Waals surface area contributed by atoms with Crippen LogP contribution < -0.4 is 14.4 Å². The lowest BCUT2D eigenvalue weighted by molar-refractivity contribution is -0.114. The minimum atomic E-state index is -3.61. The number of nitrogens with one attached hydrogen (secondary N) is 1. The Morgan fingerprint density at radius 2 is 1.85 bits per heavy atom. The number of hydrogen-bond donors (Lipinski definition) is 1. The first-order chi connectivity index (χ1) is 12.2. The zero-order valence-electron chi connectivity index (χ0n) is 14.8. The van der Waals surface area contributed by atoms with E-state index in [2.05, 4.69) is 21.2 Å². The maximum atomic E-state index is 12.3. The van der Waals surface area contributed by atoms with Gasteiger partial charge in [-0.1, -0.05) is 15.9 Å². The molecule has 0 saturated carbocycles. The summed E-state index contributed by atoms with van der Waals surface area (Å²) in [6.07, 6.45) is 1.08. The fourth-order valence-corrected chi connectivity index (χ4v) is 3.41. The molecule has 0 aliphatic rings. The molecule has 0 saturated heterocycles. The van der Waals surface area contributed by atoms with Crippen molar-refractivity contribution in [2.24, 2.45) is 0 Å². The highest BCUT2D eigenvalue weighted by Crippen LogP contribution is 2.24. The highest BCUT2D eigenvalue weighted by atomic mass is 79.9. The van der Waals surface area contributed by atoms with E-state index in [9.17, 15) is 13.2 Å². The van der Waals surface area contributed by atoms with Crippen LogP contribution in [0.2, 0.25) is 0 Å². The van der Waals surface area contributed by atoms with Crippen molar-refractivity contribution in [3.63, 3.8) is 0 Å². The van der Waals surface area contributed by atoms with Crippen molar-refractivity contribution in [3.05, 3.63) is 52.5 Å². The molecule has 1 amide bonds. The van der Waals surface area contributed by atoms with Gasteiger partial charge in [0, 0.05) is 10.2 Å². The number of hydrogen-bond acceptors (Lipinski definition) is 4. The Balaban J connectivity index is 2.15. The van der Waals surface area contributed by atoms with Crippen molar-refractivity contribution in [3.8, 4) is 5.75 Å². The third-order valence-electron chi connectivity index (χ3n) is 3.57. The maximum absolute atomic E-state index is 12.3. The largest absolute Gasteiger partial charge is 0.494 e. The van der Waals surface area contributed by atoms with Crippen LogP contribution in [-0.4, -0.2) is 33.7 Å². The number of aryl methyl sites for hydroxylation is 1. The Hall–Kier alpha value is -2.06. The fourth-order valence-electron chi connectivity index (χ4n) is 2.32. The van der Waals surface area contributed by atoms with Crippen molar-refractivity contribution in [2.45, 2.75) is 13.8 Å². The van der Waals surface area contributed by atoms with Gasteiger partial charge in [-0.25, -0.2) is 8.42 Å². The Bertz CT molecular complexity index is 883. The van der Waals surface area contributed by atoms with E-state index in [-0.39, 0.29) is 6.54 Å². The quantitative estimate of drug-likeness (QED) is 0.713. The number of carbonyl (C=O) groups is 1. The molecule has 0 radical (unpaired) electrons. The second-order valence-corrected chi connectivity index (χ2v) is 8.47. The first-order valence-electron chi connectivity index (χ1n) is 7.97. The molecular formula is C18H21BrN2O4S. The summed E-state index contributed by atoms with van der Waals surface area (Å²) in [5.41, 5.74) is 1.89. The van der Waals surface area contributed by atoms with Crippen LogP contribution in [0.4, 0.5) is 11.4 Å². The number of carbonyl (C=O) groups excluding carboxylic acids is 1. The summed E-state index contributed by atoms with van der Waals surface area (Å²) in [6.45, 7) is 3.99. The number of rotatable bonds is 7. The van der Waals surface area contributed by atoms with Gasteiger partial charge in [0.25, 0.3) is 0 Å². The minimum Gasteiger partial charge on any atom is -0.494 e. The Morgan fingerprint density at radius 1 is 1.19 bits per heavy atom. The average Bonchev–Trinajstić information content (AvgIpc) is 2.56. The first kappa shape index (κ1) is 20.3. The van der Waals surface area contributed by atoms with Crippen LogP contribution in [0.25, 0.3) is 0 Å². The molecule has 0 aliphatic heterocycles. The van der Waals surface area contributed by atoms with Crippen LogP contribution in [0, 0.1) is 6.92 Å². The molecule has 0 heterocycles. The van der Waals surface area contributed by atoms with Crippen molar-refractivity contribution < 1.29 is 17.9 Å². The predicted molar refractivity (Wildman–Crippen MR) is 107 cm³/mol. The molecule has 1 N–H and O–H groups in total. The Labute approximate surface area is 162 Å². The molecule has 0 aromatic heterocycles. The summed E-state index contributed by atoms with van der Waals surface area (Å²) in [4.78, 5) is 12.3. The molecule has 0 fully saturated rings. The normalized spacial score (nSPS) is 11.1. The van der Waals surface area contributed by atoms with Gasteiger partial charge in [0.2, 0.25) is 15.9 Å². The number of benzene rings is 2. The summed E-state index contributed by atoms with van der Waals surface area (Å²) in [6, 6.07) is 12.0. The average molecular weight is 441 g/mol. The number of nitrogens with zero attached hydrogens (tertiary/aromatic N) is 1. The smallest absolute Gasteiger partial charge is 0.245 e. The van der Waals surface area contributed by atoms with Gasteiger partial charge < -0.3 is 10.1 Å². The second kappa shape index (κ2) is 8.55. The third-order valence-corrected chi connectivity index (χ3v) is 5.60. The predicted octanol–water partition coefficient (Wildman–Crippen LogP) is 3.56. The molecule has 0 atom stereocenters. The van der Waals surface area contributed by atoms with Gasteiger partial charge in [-0.2, -0.15) is 0 Å². The molecule has 2 rings (SSSR count). The van der Waals surface area contributed by atoms with Gasteiger partial charge in [0.1, 0.15) is 12.3 Å². The monoisotopic (exact) mass is 440 g/mol. The summed E-state index contributed by atoms with van der Waals surface area (Å²) in [5.74, 6) is 0.272. The van der Waals surface area contributed by atoms with E-state index < -0.39 is 15.9 Å². The van der Waals surface area contributed by atoms with Gasteiger partial charge in [-0.3, -0.25) is 9.10 Å². The van der Waals surface area contributed by atoms with E-state index >= 15 is 0 Å². The van der Waals surface area contributed by atoms with E-state index in [1.165, 1.54) is 0 Å². The van der Waals surface area contributed by atoms with Crippen molar-refractivity contribution in [2.75, 3.05) is 29.0 Å². The van der Waals surface area contributed by atoms with E-state index in [4.69, 9.17) is 4.74 Å². The minimum absolute atomic E-state index is 0.312. The fraction of sp³-hybridized carbons (Fsp3) is 0.278. The van der Waals surface area contributed by atoms with Crippen molar-refractivity contribution in [1.29, 1.82) is 0 Å². The molecule has 0 aliphatic carbocycles. The molecule has 2 aromatic rings. The summed E-state index contributed by atoms with van der Waals surface area (Å²) >= 11 is 3.38. The second-order valence-electron chi connectivity index (χ2n) is 5.71. The molecule has 26 heavy (non-hydrogen) atoms. The first-order valence-corrected chi connectivity index (χ1v) is 10.6. The standard InChI is InChI=1S/C18H21BrN2O4S/c1-4-25-16-8-5-14(6-9-16)20-18(22)12-21(26(3,23)24)15-7-10-17(19)13(2)11-15/h5-11H,4,12H2,1-3H3,(H,20,22). The molecule has 2 aromatic carbocycles. The van der Waals surface area contributed by atoms with Gasteiger partial charge in [0.05, 0.1) is 18.6 Å². The Morgan fingerprint density at radius 3 is 2.38 bits per heavy atom. The number of ether oxygens (including phenoxy) is 1. The SMILES string of the molecule is CCOc1ccc(NC(=O)CN(c2ccc(Br)c(C)c2)S(C)(=O)=O)cc1. The lowest BCUT2D eigenvalue weighted by atomic mass is 10.2. The number of anilines is 2. The lowest BCUT2D eigenvalue weighted by Gasteiger charge is -2.22. The molecule has 0 bridgehead atoms. The zero-order valence-corrected chi connectivity index (χ0v) is 17.2.